The highest BCUT2D eigenvalue weighted by Crippen LogP contribution is 1.97. The molecule has 15 heavy (non-hydrogen) atoms. The van der Waals surface area contributed by atoms with E-state index in [2.05, 4.69) is 11.2 Å². The highest BCUT2D eigenvalue weighted by Gasteiger charge is 2.14. The molecule has 0 aliphatic heterocycles. The zero-order valence-electron chi connectivity index (χ0n) is 8.69. The number of rotatable bonds is 6. The van der Waals surface area contributed by atoms with Crippen molar-refractivity contribution in [1.82, 2.24) is 5.32 Å². The monoisotopic (exact) mass is 212 g/mol. The van der Waals surface area contributed by atoms with Crippen LogP contribution in [-0.4, -0.2) is 29.1 Å². The third kappa shape index (κ3) is 6.52. The van der Waals surface area contributed by atoms with Crippen LogP contribution >= 0.6 is 0 Å². The van der Waals surface area contributed by atoms with E-state index in [1.165, 1.54) is 0 Å². The van der Waals surface area contributed by atoms with Crippen LogP contribution in [0.25, 0.3) is 0 Å². The topological polar surface area (TPSA) is 92.4 Å². The lowest BCUT2D eigenvalue weighted by atomic mass is 10.1. The van der Waals surface area contributed by atoms with Gasteiger partial charge in [0.1, 0.15) is 0 Å². The van der Waals surface area contributed by atoms with Crippen LogP contribution in [0, 0.1) is 12.3 Å². The summed E-state index contributed by atoms with van der Waals surface area (Å²) in [5.74, 6) is 1.06. The molecule has 0 bridgehead atoms. The van der Waals surface area contributed by atoms with Gasteiger partial charge in [0.15, 0.2) is 0 Å². The van der Waals surface area contributed by atoms with Crippen molar-refractivity contribution in [1.29, 1.82) is 0 Å². The summed E-state index contributed by atoms with van der Waals surface area (Å²) in [5.41, 5.74) is 5.46. The van der Waals surface area contributed by atoms with Gasteiger partial charge in [-0.2, -0.15) is 0 Å². The summed E-state index contributed by atoms with van der Waals surface area (Å²) < 4.78 is 0. The number of amides is 1. The maximum absolute atomic E-state index is 11.3. The molecule has 84 valence electrons. The molecule has 0 aliphatic carbocycles. The number of carboxylic acids is 1. The Balaban J connectivity index is 3.86. The first-order chi connectivity index (χ1) is 6.97. The predicted molar refractivity (Wildman–Crippen MR) is 55.9 cm³/mol. The average molecular weight is 212 g/mol. The molecule has 0 aliphatic rings. The van der Waals surface area contributed by atoms with Gasteiger partial charge in [-0.15, -0.1) is 12.3 Å². The number of carbonyl (C=O) groups is 2. The summed E-state index contributed by atoms with van der Waals surface area (Å²) in [6, 6.07) is -0.931. The minimum Gasteiger partial charge on any atom is -0.481 e. The van der Waals surface area contributed by atoms with E-state index < -0.39 is 12.0 Å². The van der Waals surface area contributed by atoms with Crippen LogP contribution in [0.4, 0.5) is 0 Å². The molecule has 2 atom stereocenters. The quantitative estimate of drug-likeness (QED) is 0.527. The second-order valence-electron chi connectivity index (χ2n) is 3.36. The van der Waals surface area contributed by atoms with Gasteiger partial charge < -0.3 is 16.2 Å². The molecule has 5 nitrogen and oxygen atoms in total. The van der Waals surface area contributed by atoms with Crippen molar-refractivity contribution in [2.45, 2.75) is 38.3 Å². The van der Waals surface area contributed by atoms with Crippen LogP contribution in [0.15, 0.2) is 0 Å². The maximum atomic E-state index is 11.3. The average Bonchev–Trinajstić information content (AvgIpc) is 2.15. The third-order valence-corrected chi connectivity index (χ3v) is 1.85. The largest absolute Gasteiger partial charge is 0.481 e. The summed E-state index contributed by atoms with van der Waals surface area (Å²) in [5, 5.41) is 11.0. The van der Waals surface area contributed by atoms with Crippen molar-refractivity contribution in [2.24, 2.45) is 5.73 Å². The first kappa shape index (κ1) is 13.5. The molecule has 0 saturated carbocycles. The smallest absolute Gasteiger partial charge is 0.303 e. The molecule has 1 amide bonds. The standard InChI is InChI=1S/C10H16N2O3/c1-3-4-8(11)10(15)12-7(2)5-6-9(13)14/h1,7-8H,4-6,11H2,2H3,(H,12,15)(H,13,14). The number of carboxylic acid groups (broad SMARTS) is 1. The number of hydrogen-bond acceptors (Lipinski definition) is 3. The van der Waals surface area contributed by atoms with E-state index in [-0.39, 0.29) is 24.8 Å². The molecular weight excluding hydrogens is 196 g/mol. The normalized spacial score (nSPS) is 13.7. The Morgan fingerprint density at radius 2 is 2.20 bits per heavy atom. The van der Waals surface area contributed by atoms with Crippen molar-refractivity contribution in [3.8, 4) is 12.3 Å². The Hall–Kier alpha value is -1.54. The van der Waals surface area contributed by atoms with Crippen LogP contribution in [0.1, 0.15) is 26.2 Å². The Morgan fingerprint density at radius 3 is 2.67 bits per heavy atom. The SMILES string of the molecule is C#CCC(N)C(=O)NC(C)CCC(=O)O. The molecule has 0 spiro atoms. The Bertz CT molecular complexity index is 270. The first-order valence-electron chi connectivity index (χ1n) is 4.68. The van der Waals surface area contributed by atoms with Gasteiger partial charge in [0.05, 0.1) is 6.04 Å². The molecule has 2 unspecified atom stereocenters. The van der Waals surface area contributed by atoms with Crippen LogP contribution in [0.2, 0.25) is 0 Å². The molecular formula is C10H16N2O3. The molecule has 0 fully saturated rings. The maximum Gasteiger partial charge on any atom is 0.303 e. The van der Waals surface area contributed by atoms with Crippen molar-refractivity contribution in [3.05, 3.63) is 0 Å². The van der Waals surface area contributed by atoms with Gasteiger partial charge in [0.25, 0.3) is 0 Å². The summed E-state index contributed by atoms with van der Waals surface area (Å²) in [6.07, 6.45) is 5.59. The lowest BCUT2D eigenvalue weighted by molar-refractivity contribution is -0.137. The Labute approximate surface area is 89.0 Å². The summed E-state index contributed by atoms with van der Waals surface area (Å²) in [4.78, 5) is 21.6. The van der Waals surface area contributed by atoms with Crippen molar-refractivity contribution < 1.29 is 14.7 Å². The van der Waals surface area contributed by atoms with E-state index >= 15 is 0 Å². The number of carbonyl (C=O) groups excluding carboxylic acids is 1. The molecule has 0 aromatic heterocycles. The van der Waals surface area contributed by atoms with Crippen LogP contribution in [-0.2, 0) is 9.59 Å². The Morgan fingerprint density at radius 1 is 1.60 bits per heavy atom. The van der Waals surface area contributed by atoms with E-state index in [0.717, 1.165) is 0 Å². The summed E-state index contributed by atoms with van der Waals surface area (Å²) >= 11 is 0. The zero-order valence-corrected chi connectivity index (χ0v) is 8.69. The molecule has 0 aromatic rings. The van der Waals surface area contributed by atoms with E-state index in [9.17, 15) is 9.59 Å². The molecule has 0 aromatic carbocycles. The van der Waals surface area contributed by atoms with Gasteiger partial charge in [-0.25, -0.2) is 0 Å². The molecule has 0 radical (unpaired) electrons. The highest BCUT2D eigenvalue weighted by atomic mass is 16.4. The fourth-order valence-electron chi connectivity index (χ4n) is 0.982. The first-order valence-corrected chi connectivity index (χ1v) is 4.68. The van der Waals surface area contributed by atoms with E-state index in [1.54, 1.807) is 6.92 Å². The van der Waals surface area contributed by atoms with E-state index in [4.69, 9.17) is 17.3 Å². The molecule has 0 rings (SSSR count). The fraction of sp³-hybridized carbons (Fsp3) is 0.600. The van der Waals surface area contributed by atoms with Crippen LogP contribution in [0.5, 0.6) is 0 Å². The van der Waals surface area contributed by atoms with Crippen molar-refractivity contribution in [2.75, 3.05) is 0 Å². The van der Waals surface area contributed by atoms with Gasteiger partial charge in [0.2, 0.25) is 5.91 Å². The molecule has 0 saturated heterocycles. The molecule has 0 heterocycles. The fourth-order valence-corrected chi connectivity index (χ4v) is 0.982. The predicted octanol–water partition coefficient (Wildman–Crippen LogP) is -0.293. The Kier molecular flexibility index (Phi) is 6.14. The highest BCUT2D eigenvalue weighted by molar-refractivity contribution is 5.82. The van der Waals surface area contributed by atoms with Crippen LogP contribution in [0.3, 0.4) is 0 Å². The third-order valence-electron chi connectivity index (χ3n) is 1.85. The molecule has 4 N–H and O–H groups in total. The molecule has 5 heteroatoms. The van der Waals surface area contributed by atoms with Crippen molar-refractivity contribution >= 4 is 11.9 Å². The van der Waals surface area contributed by atoms with Crippen LogP contribution < -0.4 is 11.1 Å². The summed E-state index contributed by atoms with van der Waals surface area (Å²) in [7, 11) is 0. The zero-order chi connectivity index (χ0) is 11.8. The van der Waals surface area contributed by atoms with E-state index in [1.807, 2.05) is 0 Å². The number of hydrogen-bond donors (Lipinski definition) is 3. The van der Waals surface area contributed by atoms with Crippen molar-refractivity contribution in [3.63, 3.8) is 0 Å². The van der Waals surface area contributed by atoms with E-state index in [0.29, 0.717) is 6.42 Å². The van der Waals surface area contributed by atoms with Gasteiger partial charge >= 0.3 is 5.97 Å². The van der Waals surface area contributed by atoms with Gasteiger partial charge in [-0.1, -0.05) is 0 Å². The number of terminal acetylenes is 1. The summed E-state index contributed by atoms with van der Waals surface area (Å²) in [6.45, 7) is 1.73. The number of nitrogens with two attached hydrogens (primary N) is 1. The second-order valence-corrected chi connectivity index (χ2v) is 3.36. The minimum absolute atomic E-state index is 0.0197. The minimum atomic E-state index is -0.885. The lowest BCUT2D eigenvalue weighted by Gasteiger charge is -2.15. The second kappa shape index (κ2) is 6.85. The van der Waals surface area contributed by atoms with Gasteiger partial charge in [-0.05, 0) is 13.3 Å². The van der Waals surface area contributed by atoms with Gasteiger partial charge in [-0.3, -0.25) is 9.59 Å². The van der Waals surface area contributed by atoms with Gasteiger partial charge in [0, 0.05) is 18.9 Å². The number of aliphatic carboxylic acids is 1. The lowest BCUT2D eigenvalue weighted by Crippen LogP contribution is -2.44. The number of nitrogens with one attached hydrogen (secondary N) is 1.